The minimum Gasteiger partial charge on any atom is -0.356 e. The van der Waals surface area contributed by atoms with Gasteiger partial charge in [-0.1, -0.05) is 30.8 Å². The van der Waals surface area contributed by atoms with Crippen molar-refractivity contribution < 1.29 is 9.59 Å². The van der Waals surface area contributed by atoms with Crippen LogP contribution < -0.4 is 5.32 Å². The number of hydrogen-bond donors (Lipinski definition) is 1. The summed E-state index contributed by atoms with van der Waals surface area (Å²) < 4.78 is 0. The fourth-order valence-corrected chi connectivity index (χ4v) is 1.62. The van der Waals surface area contributed by atoms with Gasteiger partial charge in [-0.15, -0.1) is 0 Å². The molecule has 80 valence electrons. The van der Waals surface area contributed by atoms with Gasteiger partial charge in [-0.25, -0.2) is 0 Å². The maximum atomic E-state index is 11.4. The van der Waals surface area contributed by atoms with E-state index in [2.05, 4.69) is 5.32 Å². The molecule has 1 N–H and O–H groups in total. The largest absolute Gasteiger partial charge is 0.356 e. The molecule has 0 aliphatic rings. The molecule has 0 radical (unpaired) electrons. The highest BCUT2D eigenvalue weighted by molar-refractivity contribution is 8.13. The van der Waals surface area contributed by atoms with Gasteiger partial charge in [0.15, 0.2) is 5.12 Å². The van der Waals surface area contributed by atoms with Crippen LogP contribution in [0.2, 0.25) is 0 Å². The summed E-state index contributed by atoms with van der Waals surface area (Å²) in [6.07, 6.45) is 3.74. The number of hydrogen-bond acceptors (Lipinski definition) is 3. The first-order chi connectivity index (χ1) is 6.57. The number of amides is 1. The van der Waals surface area contributed by atoms with Gasteiger partial charge in [-0.05, 0) is 6.92 Å². The minimum absolute atomic E-state index is 0.0395. The number of thioether (sulfide) groups is 1. The third-order valence-corrected chi connectivity index (χ3v) is 2.64. The van der Waals surface area contributed by atoms with Crippen molar-refractivity contribution in [1.29, 1.82) is 0 Å². The summed E-state index contributed by atoms with van der Waals surface area (Å²) in [5.41, 5.74) is 0. The Hall–Kier alpha value is -0.770. The molecule has 1 amide bonds. The van der Waals surface area contributed by atoms with E-state index in [1.54, 1.807) is 0 Å². The highest BCUT2D eigenvalue weighted by Gasteiger charge is 2.09. The van der Waals surface area contributed by atoms with E-state index in [-0.39, 0.29) is 16.9 Å². The molecule has 3 nitrogen and oxygen atoms in total. The van der Waals surface area contributed by atoms with Gasteiger partial charge < -0.3 is 5.32 Å². The molecule has 0 aromatic heterocycles. The van der Waals surface area contributed by atoms with Crippen LogP contribution in [-0.2, 0) is 9.59 Å². The van der Waals surface area contributed by atoms with Crippen molar-refractivity contribution in [1.82, 2.24) is 5.32 Å². The van der Waals surface area contributed by atoms with Crippen LogP contribution in [0.1, 0.15) is 20.8 Å². The van der Waals surface area contributed by atoms with Gasteiger partial charge in [-0.2, -0.15) is 0 Å². The molecule has 4 heteroatoms. The molecular formula is C10H17NO2S. The Balaban J connectivity index is 3.58. The summed E-state index contributed by atoms with van der Waals surface area (Å²) in [7, 11) is 0. The Morgan fingerprint density at radius 1 is 1.50 bits per heavy atom. The normalized spacial score (nSPS) is 12.8. The van der Waals surface area contributed by atoms with Crippen molar-refractivity contribution in [2.75, 3.05) is 12.3 Å². The van der Waals surface area contributed by atoms with Crippen LogP contribution in [0.15, 0.2) is 12.2 Å². The third kappa shape index (κ3) is 6.71. The molecule has 0 spiro atoms. The van der Waals surface area contributed by atoms with Crippen LogP contribution in [0.4, 0.5) is 0 Å². The molecule has 0 fully saturated rings. The van der Waals surface area contributed by atoms with Crippen LogP contribution in [0.3, 0.4) is 0 Å². The zero-order chi connectivity index (χ0) is 11.0. The highest BCUT2D eigenvalue weighted by atomic mass is 32.2. The quantitative estimate of drug-likeness (QED) is 0.559. The maximum absolute atomic E-state index is 11.4. The van der Waals surface area contributed by atoms with Crippen LogP contribution in [-0.4, -0.2) is 23.3 Å². The molecule has 0 bridgehead atoms. The smallest absolute Gasteiger partial charge is 0.216 e. The second kappa shape index (κ2) is 7.62. The molecule has 0 aromatic carbocycles. The zero-order valence-electron chi connectivity index (χ0n) is 8.87. The number of rotatable bonds is 5. The van der Waals surface area contributed by atoms with E-state index in [0.717, 1.165) is 0 Å². The molecule has 1 unspecified atom stereocenters. The highest BCUT2D eigenvalue weighted by Crippen LogP contribution is 2.11. The SMILES string of the molecule is C/C=C/C(C)C(=O)SCCNC(C)=O. The van der Waals surface area contributed by atoms with Gasteiger partial charge in [0.05, 0.1) is 0 Å². The summed E-state index contributed by atoms with van der Waals surface area (Å²) in [6.45, 7) is 5.78. The van der Waals surface area contributed by atoms with E-state index >= 15 is 0 Å². The Bertz CT molecular complexity index is 226. The van der Waals surface area contributed by atoms with E-state index in [1.807, 2.05) is 26.0 Å². The molecule has 0 saturated carbocycles. The van der Waals surface area contributed by atoms with Crippen LogP contribution in [0.5, 0.6) is 0 Å². The van der Waals surface area contributed by atoms with Crippen molar-refractivity contribution in [3.8, 4) is 0 Å². The number of allylic oxidation sites excluding steroid dienone is 2. The van der Waals surface area contributed by atoms with E-state index < -0.39 is 0 Å². The Labute approximate surface area is 89.3 Å². The van der Waals surface area contributed by atoms with E-state index in [4.69, 9.17) is 0 Å². The lowest BCUT2D eigenvalue weighted by Crippen LogP contribution is -2.23. The lowest BCUT2D eigenvalue weighted by molar-refractivity contribution is -0.119. The van der Waals surface area contributed by atoms with E-state index in [0.29, 0.717) is 12.3 Å². The Morgan fingerprint density at radius 3 is 2.64 bits per heavy atom. The topological polar surface area (TPSA) is 46.2 Å². The predicted molar refractivity (Wildman–Crippen MR) is 60.1 cm³/mol. The summed E-state index contributed by atoms with van der Waals surface area (Å²) in [5, 5.41) is 2.79. The molecule has 0 aliphatic heterocycles. The molecule has 0 aliphatic carbocycles. The summed E-state index contributed by atoms with van der Waals surface area (Å²) in [5.74, 6) is 0.544. The van der Waals surface area contributed by atoms with Gasteiger partial charge in [-0.3, -0.25) is 9.59 Å². The number of carbonyl (C=O) groups excluding carboxylic acids is 2. The fourth-order valence-electron chi connectivity index (χ4n) is 0.877. The molecular weight excluding hydrogens is 198 g/mol. The molecule has 0 saturated heterocycles. The summed E-state index contributed by atoms with van der Waals surface area (Å²) in [4.78, 5) is 21.9. The first-order valence-corrected chi connectivity index (χ1v) is 5.60. The lowest BCUT2D eigenvalue weighted by atomic mass is 10.2. The Morgan fingerprint density at radius 2 is 2.14 bits per heavy atom. The standard InChI is InChI=1S/C10H17NO2S/c1-4-5-8(2)10(13)14-7-6-11-9(3)12/h4-5,8H,6-7H2,1-3H3,(H,11,12)/b5-4+. The third-order valence-electron chi connectivity index (χ3n) is 1.57. The summed E-state index contributed by atoms with van der Waals surface area (Å²) in [6, 6.07) is 0. The van der Waals surface area contributed by atoms with E-state index in [1.165, 1.54) is 18.7 Å². The zero-order valence-corrected chi connectivity index (χ0v) is 9.69. The lowest BCUT2D eigenvalue weighted by Gasteiger charge is -2.04. The second-order valence-electron chi connectivity index (χ2n) is 2.96. The second-order valence-corrected chi connectivity index (χ2v) is 4.06. The fraction of sp³-hybridized carbons (Fsp3) is 0.600. The van der Waals surface area contributed by atoms with Crippen molar-refractivity contribution in [2.24, 2.45) is 5.92 Å². The maximum Gasteiger partial charge on any atom is 0.216 e. The molecule has 0 rings (SSSR count). The first-order valence-electron chi connectivity index (χ1n) is 4.61. The van der Waals surface area contributed by atoms with Gasteiger partial charge in [0.2, 0.25) is 5.91 Å². The van der Waals surface area contributed by atoms with Crippen LogP contribution in [0, 0.1) is 5.92 Å². The Kier molecular flexibility index (Phi) is 7.20. The van der Waals surface area contributed by atoms with Crippen molar-refractivity contribution in [3.63, 3.8) is 0 Å². The van der Waals surface area contributed by atoms with Crippen molar-refractivity contribution in [3.05, 3.63) is 12.2 Å². The average molecular weight is 215 g/mol. The minimum atomic E-state index is -0.0560. The van der Waals surface area contributed by atoms with Crippen LogP contribution in [0.25, 0.3) is 0 Å². The molecule has 0 aromatic rings. The molecule has 14 heavy (non-hydrogen) atoms. The average Bonchev–Trinajstić information content (AvgIpc) is 2.12. The monoisotopic (exact) mass is 215 g/mol. The number of carbonyl (C=O) groups is 2. The first kappa shape index (κ1) is 13.2. The molecule has 1 atom stereocenters. The predicted octanol–water partition coefficient (Wildman–Crippen LogP) is 1.59. The van der Waals surface area contributed by atoms with Crippen LogP contribution >= 0.6 is 11.8 Å². The molecule has 0 heterocycles. The number of nitrogens with one attached hydrogen (secondary N) is 1. The van der Waals surface area contributed by atoms with E-state index in [9.17, 15) is 9.59 Å². The van der Waals surface area contributed by atoms with Gasteiger partial charge in [0, 0.05) is 25.1 Å². The van der Waals surface area contributed by atoms with Crippen molar-refractivity contribution in [2.45, 2.75) is 20.8 Å². The van der Waals surface area contributed by atoms with Gasteiger partial charge in [0.1, 0.15) is 0 Å². The summed E-state index contributed by atoms with van der Waals surface area (Å²) >= 11 is 1.26. The van der Waals surface area contributed by atoms with Gasteiger partial charge in [0.25, 0.3) is 0 Å². The van der Waals surface area contributed by atoms with Crippen molar-refractivity contribution >= 4 is 22.8 Å². The van der Waals surface area contributed by atoms with Gasteiger partial charge >= 0.3 is 0 Å².